The molecule has 0 bridgehead atoms. The van der Waals surface area contributed by atoms with Crippen LogP contribution in [0.2, 0.25) is 0 Å². The van der Waals surface area contributed by atoms with Gasteiger partial charge in [0, 0.05) is 12.1 Å². The summed E-state index contributed by atoms with van der Waals surface area (Å²) in [6.45, 7) is 0.242. The van der Waals surface area contributed by atoms with Crippen molar-refractivity contribution in [2.75, 3.05) is 12.4 Å². The minimum absolute atomic E-state index is 0.0928. The number of nitrogens with one attached hydrogen (secondary N) is 1. The van der Waals surface area contributed by atoms with Gasteiger partial charge in [0.05, 0.1) is 12.8 Å². The molecule has 2 nitrogen and oxygen atoms in total. The highest BCUT2D eigenvalue weighted by molar-refractivity contribution is 5.47. The average molecular weight is 267 g/mol. The number of hydrogen-bond donors (Lipinski definition) is 1. The van der Waals surface area contributed by atoms with Crippen LogP contribution in [0.4, 0.5) is 18.9 Å². The average Bonchev–Trinajstić information content (AvgIpc) is 2.44. The summed E-state index contributed by atoms with van der Waals surface area (Å²) < 4.78 is 44.4. The van der Waals surface area contributed by atoms with E-state index in [9.17, 15) is 13.2 Å². The Morgan fingerprint density at radius 2 is 1.74 bits per heavy atom. The Morgan fingerprint density at radius 3 is 2.47 bits per heavy atom. The smallest absolute Gasteiger partial charge is 0.196 e. The van der Waals surface area contributed by atoms with Crippen molar-refractivity contribution in [3.05, 3.63) is 59.4 Å². The fourth-order valence-electron chi connectivity index (χ4n) is 1.70. The van der Waals surface area contributed by atoms with E-state index in [2.05, 4.69) is 5.32 Å². The fraction of sp³-hybridized carbons (Fsp3) is 0.143. The molecule has 0 aliphatic carbocycles. The maximum absolute atomic E-state index is 13.4. The normalized spacial score (nSPS) is 10.3. The number of rotatable bonds is 4. The Bertz CT molecular complexity index is 587. The molecule has 1 N–H and O–H groups in total. The quantitative estimate of drug-likeness (QED) is 0.852. The molecular weight excluding hydrogens is 255 g/mol. The third-order valence-electron chi connectivity index (χ3n) is 2.70. The molecule has 0 fully saturated rings. The van der Waals surface area contributed by atoms with E-state index in [1.165, 1.54) is 7.11 Å². The number of anilines is 1. The number of benzene rings is 2. The largest absolute Gasteiger partial charge is 0.496 e. The van der Waals surface area contributed by atoms with Gasteiger partial charge in [0.25, 0.3) is 0 Å². The van der Waals surface area contributed by atoms with Crippen LogP contribution in [0.15, 0.2) is 36.4 Å². The van der Waals surface area contributed by atoms with Crippen LogP contribution in [-0.4, -0.2) is 7.11 Å². The van der Waals surface area contributed by atoms with E-state index in [4.69, 9.17) is 4.74 Å². The minimum Gasteiger partial charge on any atom is -0.496 e. The van der Waals surface area contributed by atoms with E-state index < -0.39 is 17.5 Å². The molecule has 0 heterocycles. The molecule has 0 aromatic heterocycles. The Morgan fingerprint density at radius 1 is 1.00 bits per heavy atom. The Labute approximate surface area is 108 Å². The number of ether oxygens (including phenoxy) is 1. The van der Waals surface area contributed by atoms with Crippen molar-refractivity contribution in [1.82, 2.24) is 0 Å². The second-order valence-electron chi connectivity index (χ2n) is 3.89. The summed E-state index contributed by atoms with van der Waals surface area (Å²) in [4.78, 5) is 0. The first-order valence-electron chi connectivity index (χ1n) is 5.62. The van der Waals surface area contributed by atoms with Crippen molar-refractivity contribution in [1.29, 1.82) is 0 Å². The van der Waals surface area contributed by atoms with Gasteiger partial charge in [-0.15, -0.1) is 0 Å². The summed E-state index contributed by atoms with van der Waals surface area (Å²) in [5, 5.41) is 2.71. The maximum atomic E-state index is 13.4. The van der Waals surface area contributed by atoms with Gasteiger partial charge in [-0.3, -0.25) is 0 Å². The SMILES string of the molecule is COc1ccccc1CNc1ccc(F)c(F)c1F. The van der Waals surface area contributed by atoms with Gasteiger partial charge in [0.2, 0.25) is 0 Å². The number of para-hydroxylation sites is 1. The second kappa shape index (κ2) is 5.65. The summed E-state index contributed by atoms with van der Waals surface area (Å²) in [6.07, 6.45) is 0. The van der Waals surface area contributed by atoms with Crippen molar-refractivity contribution in [3.63, 3.8) is 0 Å². The highest BCUT2D eigenvalue weighted by atomic mass is 19.2. The number of halogens is 3. The number of hydrogen-bond acceptors (Lipinski definition) is 2. The summed E-state index contributed by atoms with van der Waals surface area (Å²) in [7, 11) is 1.52. The van der Waals surface area contributed by atoms with Gasteiger partial charge in [0.15, 0.2) is 17.5 Å². The third kappa shape index (κ3) is 2.81. The van der Waals surface area contributed by atoms with E-state index in [1.54, 1.807) is 24.3 Å². The Hall–Kier alpha value is -2.17. The van der Waals surface area contributed by atoms with Gasteiger partial charge in [-0.05, 0) is 18.2 Å². The molecule has 0 aliphatic heterocycles. The lowest BCUT2D eigenvalue weighted by atomic mass is 10.2. The zero-order chi connectivity index (χ0) is 13.8. The number of methoxy groups -OCH3 is 1. The predicted molar refractivity (Wildman–Crippen MR) is 66.6 cm³/mol. The highest BCUT2D eigenvalue weighted by Crippen LogP contribution is 2.22. The van der Waals surface area contributed by atoms with E-state index in [0.29, 0.717) is 5.75 Å². The van der Waals surface area contributed by atoms with Crippen LogP contribution in [0, 0.1) is 17.5 Å². The molecule has 0 radical (unpaired) electrons. The molecule has 0 saturated carbocycles. The zero-order valence-electron chi connectivity index (χ0n) is 10.2. The highest BCUT2D eigenvalue weighted by Gasteiger charge is 2.13. The lowest BCUT2D eigenvalue weighted by molar-refractivity contribution is 0.410. The molecule has 0 atom stereocenters. The van der Waals surface area contributed by atoms with Gasteiger partial charge in [-0.1, -0.05) is 18.2 Å². The zero-order valence-corrected chi connectivity index (χ0v) is 10.2. The van der Waals surface area contributed by atoms with E-state index >= 15 is 0 Å². The van der Waals surface area contributed by atoms with E-state index in [1.807, 2.05) is 0 Å². The van der Waals surface area contributed by atoms with Crippen LogP contribution in [0.3, 0.4) is 0 Å². The second-order valence-corrected chi connectivity index (χ2v) is 3.89. The molecule has 0 saturated heterocycles. The molecule has 100 valence electrons. The molecule has 5 heteroatoms. The molecule has 2 aromatic rings. The molecular formula is C14H12F3NO. The third-order valence-corrected chi connectivity index (χ3v) is 2.70. The standard InChI is InChI=1S/C14H12F3NO/c1-19-12-5-3-2-4-9(12)8-18-11-7-6-10(15)13(16)14(11)17/h2-7,18H,8H2,1H3. The van der Waals surface area contributed by atoms with Crippen molar-refractivity contribution < 1.29 is 17.9 Å². The molecule has 2 rings (SSSR count). The van der Waals surface area contributed by atoms with Crippen LogP contribution in [0.1, 0.15) is 5.56 Å². The van der Waals surface area contributed by atoms with Crippen LogP contribution >= 0.6 is 0 Å². The van der Waals surface area contributed by atoms with Crippen LogP contribution < -0.4 is 10.1 Å². The molecule has 0 spiro atoms. The first-order valence-corrected chi connectivity index (χ1v) is 5.62. The fourth-order valence-corrected chi connectivity index (χ4v) is 1.70. The molecule has 0 unspecified atom stereocenters. The van der Waals surface area contributed by atoms with Crippen molar-refractivity contribution in [2.45, 2.75) is 6.54 Å². The maximum Gasteiger partial charge on any atom is 0.196 e. The Kier molecular flexibility index (Phi) is 3.94. The molecule has 0 aliphatic rings. The molecule has 2 aromatic carbocycles. The van der Waals surface area contributed by atoms with Crippen molar-refractivity contribution in [3.8, 4) is 5.75 Å². The summed E-state index contributed by atoms with van der Waals surface area (Å²) in [5.74, 6) is -3.28. The predicted octanol–water partition coefficient (Wildman–Crippen LogP) is 3.72. The van der Waals surface area contributed by atoms with Crippen LogP contribution in [0.5, 0.6) is 5.75 Å². The van der Waals surface area contributed by atoms with Gasteiger partial charge in [-0.2, -0.15) is 0 Å². The van der Waals surface area contributed by atoms with Gasteiger partial charge in [-0.25, -0.2) is 13.2 Å². The lowest BCUT2D eigenvalue weighted by Gasteiger charge is -2.11. The van der Waals surface area contributed by atoms with Crippen molar-refractivity contribution >= 4 is 5.69 Å². The molecule has 19 heavy (non-hydrogen) atoms. The first kappa shape index (κ1) is 13.3. The van der Waals surface area contributed by atoms with Gasteiger partial charge >= 0.3 is 0 Å². The summed E-state index contributed by atoms with van der Waals surface area (Å²) in [6, 6.07) is 9.20. The van der Waals surface area contributed by atoms with Crippen LogP contribution in [-0.2, 0) is 6.54 Å². The van der Waals surface area contributed by atoms with Crippen LogP contribution in [0.25, 0.3) is 0 Å². The topological polar surface area (TPSA) is 21.3 Å². The van der Waals surface area contributed by atoms with Gasteiger partial charge in [0.1, 0.15) is 5.75 Å². The summed E-state index contributed by atoms with van der Waals surface area (Å²) in [5.41, 5.74) is 0.693. The monoisotopic (exact) mass is 267 g/mol. The van der Waals surface area contributed by atoms with E-state index in [0.717, 1.165) is 17.7 Å². The van der Waals surface area contributed by atoms with E-state index in [-0.39, 0.29) is 12.2 Å². The summed E-state index contributed by atoms with van der Waals surface area (Å²) >= 11 is 0. The molecule has 0 amide bonds. The first-order chi connectivity index (χ1) is 9.13. The minimum atomic E-state index is -1.48. The Balaban J connectivity index is 2.17. The lowest BCUT2D eigenvalue weighted by Crippen LogP contribution is -2.05. The van der Waals surface area contributed by atoms with Crippen molar-refractivity contribution in [2.24, 2.45) is 0 Å². The van der Waals surface area contributed by atoms with Gasteiger partial charge < -0.3 is 10.1 Å².